The quantitative estimate of drug-likeness (QED) is 0.760. The highest BCUT2D eigenvalue weighted by Gasteiger charge is 2.27. The zero-order valence-corrected chi connectivity index (χ0v) is 13.9. The van der Waals surface area contributed by atoms with Gasteiger partial charge in [0.1, 0.15) is 18.1 Å². The first-order valence-electron chi connectivity index (χ1n) is 6.99. The van der Waals surface area contributed by atoms with Crippen molar-refractivity contribution in [3.63, 3.8) is 0 Å². The molecule has 0 aromatic heterocycles. The van der Waals surface area contributed by atoms with Crippen LogP contribution in [0.4, 0.5) is 0 Å². The molecule has 0 aliphatic carbocycles. The Morgan fingerprint density at radius 1 is 1.26 bits per heavy atom. The van der Waals surface area contributed by atoms with Gasteiger partial charge in [-0.2, -0.15) is 0 Å². The topological polar surface area (TPSA) is 52.6 Å². The molecule has 1 heterocycles. The van der Waals surface area contributed by atoms with Crippen LogP contribution in [0.5, 0.6) is 11.5 Å². The minimum Gasteiger partial charge on any atom is -0.486 e. The Balaban J connectivity index is 1.85. The van der Waals surface area contributed by atoms with Crippen molar-refractivity contribution in [2.75, 3.05) is 6.61 Å². The van der Waals surface area contributed by atoms with E-state index in [0.29, 0.717) is 17.1 Å². The third-order valence-corrected chi connectivity index (χ3v) is 3.72. The number of hydrogen-bond acceptors (Lipinski definition) is 4. The van der Waals surface area contributed by atoms with Crippen molar-refractivity contribution < 1.29 is 19.1 Å². The van der Waals surface area contributed by atoms with Crippen molar-refractivity contribution in [3.05, 3.63) is 63.8 Å². The van der Waals surface area contributed by atoms with Crippen molar-refractivity contribution in [1.82, 2.24) is 0 Å². The smallest absolute Gasteiger partial charge is 0.231 e. The minimum atomic E-state index is -0.168. The zero-order chi connectivity index (χ0) is 16.4. The fourth-order valence-electron chi connectivity index (χ4n) is 2.19. The first kappa shape index (κ1) is 15.5. The molecule has 0 atom stereocenters. The lowest BCUT2D eigenvalue weighted by Crippen LogP contribution is -2.06. The predicted octanol–water partition coefficient (Wildman–Crippen LogP) is 4.03. The largest absolute Gasteiger partial charge is 0.486 e. The van der Waals surface area contributed by atoms with Crippen LogP contribution in [0.25, 0.3) is 6.08 Å². The van der Waals surface area contributed by atoms with E-state index in [2.05, 4.69) is 15.9 Å². The Morgan fingerprint density at radius 2 is 2.09 bits per heavy atom. The number of benzene rings is 2. The summed E-state index contributed by atoms with van der Waals surface area (Å²) >= 11 is 3.39. The molecule has 0 bridgehead atoms. The molecule has 0 N–H and O–H groups in total. The summed E-state index contributed by atoms with van der Waals surface area (Å²) in [6.07, 6.45) is 1.70. The Bertz CT molecular complexity index is 824. The lowest BCUT2D eigenvalue weighted by Gasteiger charge is -2.04. The van der Waals surface area contributed by atoms with Gasteiger partial charge in [0.05, 0.1) is 5.56 Å². The molecule has 3 rings (SSSR count). The Labute approximate surface area is 141 Å². The number of Topliss-reactive ketones (excluding diaryl/α,β-unsaturated/α-hetero) is 2. The van der Waals surface area contributed by atoms with Gasteiger partial charge in [-0.05, 0) is 42.8 Å². The molecule has 2 aromatic carbocycles. The van der Waals surface area contributed by atoms with Gasteiger partial charge in [-0.1, -0.05) is 28.1 Å². The molecule has 1 aliphatic rings. The van der Waals surface area contributed by atoms with E-state index in [1.165, 1.54) is 6.92 Å². The van der Waals surface area contributed by atoms with Gasteiger partial charge in [0.15, 0.2) is 11.5 Å². The van der Waals surface area contributed by atoms with Crippen LogP contribution < -0.4 is 9.47 Å². The van der Waals surface area contributed by atoms with Gasteiger partial charge in [0.25, 0.3) is 0 Å². The summed E-state index contributed by atoms with van der Waals surface area (Å²) in [6, 6.07) is 12.5. The maximum absolute atomic E-state index is 12.4. The zero-order valence-electron chi connectivity index (χ0n) is 12.3. The summed E-state index contributed by atoms with van der Waals surface area (Å²) < 4.78 is 11.9. The highest BCUT2D eigenvalue weighted by molar-refractivity contribution is 9.10. The fraction of sp³-hybridized carbons (Fsp3) is 0.111. The normalized spacial score (nSPS) is 14.5. The molecular weight excluding hydrogens is 360 g/mol. The molecule has 0 saturated carbocycles. The van der Waals surface area contributed by atoms with Crippen LogP contribution in [0, 0.1) is 0 Å². The summed E-state index contributed by atoms with van der Waals surface area (Å²) in [5.41, 5.74) is 1.35. The number of ether oxygens (including phenoxy) is 2. The highest BCUT2D eigenvalue weighted by atomic mass is 79.9. The minimum absolute atomic E-state index is 0.00648. The van der Waals surface area contributed by atoms with E-state index in [1.807, 2.05) is 24.3 Å². The molecule has 0 unspecified atom stereocenters. The molecule has 0 amide bonds. The fourth-order valence-corrected chi connectivity index (χ4v) is 2.61. The molecule has 0 saturated heterocycles. The lowest BCUT2D eigenvalue weighted by atomic mass is 10.1. The predicted molar refractivity (Wildman–Crippen MR) is 89.7 cm³/mol. The van der Waals surface area contributed by atoms with Gasteiger partial charge in [-0.25, -0.2) is 0 Å². The van der Waals surface area contributed by atoms with Crippen LogP contribution >= 0.6 is 15.9 Å². The lowest BCUT2D eigenvalue weighted by molar-refractivity contribution is -0.118. The number of fused-ring (bicyclic) bond motifs is 1. The van der Waals surface area contributed by atoms with Gasteiger partial charge in [0, 0.05) is 10.5 Å². The van der Waals surface area contributed by atoms with Crippen LogP contribution in [-0.4, -0.2) is 18.2 Å². The number of carbonyl (C=O) groups is 2. The number of allylic oxidation sites excluding steroid dienone is 1. The molecule has 116 valence electrons. The van der Waals surface area contributed by atoms with Gasteiger partial charge in [0.2, 0.25) is 5.78 Å². The van der Waals surface area contributed by atoms with Crippen molar-refractivity contribution in [1.29, 1.82) is 0 Å². The Kier molecular flexibility index (Phi) is 4.30. The second-order valence-corrected chi connectivity index (χ2v) is 6.06. The monoisotopic (exact) mass is 372 g/mol. The molecule has 2 aromatic rings. The Hall–Kier alpha value is -2.40. The first-order chi connectivity index (χ1) is 11.0. The number of halogens is 1. The number of carbonyl (C=O) groups excluding carboxylic acids is 2. The van der Waals surface area contributed by atoms with Crippen molar-refractivity contribution >= 4 is 33.6 Å². The summed E-state index contributed by atoms with van der Waals surface area (Å²) in [6.45, 7) is 1.44. The van der Waals surface area contributed by atoms with E-state index in [-0.39, 0.29) is 23.9 Å². The van der Waals surface area contributed by atoms with Crippen LogP contribution in [0.1, 0.15) is 22.8 Å². The summed E-state index contributed by atoms with van der Waals surface area (Å²) in [5, 5.41) is 0. The molecule has 1 aliphatic heterocycles. The van der Waals surface area contributed by atoms with Gasteiger partial charge >= 0.3 is 0 Å². The molecule has 0 fully saturated rings. The summed E-state index contributed by atoms with van der Waals surface area (Å²) in [4.78, 5) is 23.3. The van der Waals surface area contributed by atoms with E-state index in [0.717, 1.165) is 10.0 Å². The second-order valence-electron chi connectivity index (χ2n) is 5.14. The van der Waals surface area contributed by atoms with Crippen molar-refractivity contribution in [2.24, 2.45) is 0 Å². The second kappa shape index (κ2) is 6.38. The first-order valence-corrected chi connectivity index (χ1v) is 7.78. The molecule has 4 nitrogen and oxygen atoms in total. The third kappa shape index (κ3) is 3.51. The van der Waals surface area contributed by atoms with Crippen molar-refractivity contribution in [3.8, 4) is 11.5 Å². The van der Waals surface area contributed by atoms with Crippen molar-refractivity contribution in [2.45, 2.75) is 6.92 Å². The van der Waals surface area contributed by atoms with Crippen LogP contribution in [0.3, 0.4) is 0 Å². The van der Waals surface area contributed by atoms with E-state index in [9.17, 15) is 9.59 Å². The third-order valence-electron chi connectivity index (χ3n) is 3.23. The number of hydrogen-bond donors (Lipinski definition) is 0. The van der Waals surface area contributed by atoms with Gasteiger partial charge in [-0.15, -0.1) is 0 Å². The molecule has 0 spiro atoms. The van der Waals surface area contributed by atoms with Crippen LogP contribution in [0.2, 0.25) is 0 Å². The molecule has 0 radical (unpaired) electrons. The SMILES string of the molecule is CC(=O)COc1ccc2c(c1)O/C(=C\c1cccc(Br)c1)C2=O. The van der Waals surface area contributed by atoms with E-state index >= 15 is 0 Å². The standard InChI is InChI=1S/C18H13BrO4/c1-11(20)10-22-14-5-6-15-16(9-14)23-17(18(15)21)8-12-3-2-4-13(19)7-12/h2-9H,10H2,1H3/b17-8-. The highest BCUT2D eigenvalue weighted by Crippen LogP contribution is 2.35. The Morgan fingerprint density at radius 3 is 2.83 bits per heavy atom. The molecular formula is C18H13BrO4. The van der Waals surface area contributed by atoms with E-state index in [1.54, 1.807) is 24.3 Å². The maximum Gasteiger partial charge on any atom is 0.231 e. The average Bonchev–Trinajstić information content (AvgIpc) is 2.81. The average molecular weight is 373 g/mol. The molecule has 23 heavy (non-hydrogen) atoms. The van der Waals surface area contributed by atoms with Crippen LogP contribution in [0.15, 0.2) is 52.7 Å². The van der Waals surface area contributed by atoms with Crippen LogP contribution in [-0.2, 0) is 4.79 Å². The van der Waals surface area contributed by atoms with Gasteiger partial charge in [-0.3, -0.25) is 9.59 Å². The van der Waals surface area contributed by atoms with E-state index < -0.39 is 0 Å². The number of rotatable bonds is 4. The summed E-state index contributed by atoms with van der Waals surface area (Å²) in [5.74, 6) is 0.963. The van der Waals surface area contributed by atoms with E-state index in [4.69, 9.17) is 9.47 Å². The maximum atomic E-state index is 12.4. The number of ketones is 2. The summed E-state index contributed by atoms with van der Waals surface area (Å²) in [7, 11) is 0. The van der Waals surface area contributed by atoms with Gasteiger partial charge < -0.3 is 9.47 Å². The molecule has 5 heteroatoms.